The standard InChI is InChI=1S/C19H24N2O4/c1-13-16(14(2)25-20-13)11-21-9-8-19(18(23)24,17(22)12-21)10-15-6-4-3-5-7-15/h3-7,17,22H,8-12H2,1-2H3,(H,23,24)/t17-,19-/m1/s1. The lowest BCUT2D eigenvalue weighted by Crippen LogP contribution is -2.55. The molecule has 6 nitrogen and oxygen atoms in total. The van der Waals surface area contributed by atoms with Crippen molar-refractivity contribution in [3.8, 4) is 0 Å². The largest absolute Gasteiger partial charge is 0.481 e. The Kier molecular flexibility index (Phi) is 4.92. The number of nitrogens with zero attached hydrogens (tertiary/aromatic N) is 2. The zero-order chi connectivity index (χ0) is 18.0. The number of piperidine rings is 1. The Balaban J connectivity index is 1.75. The second-order valence-corrected chi connectivity index (χ2v) is 6.93. The molecule has 1 aliphatic heterocycles. The van der Waals surface area contributed by atoms with Crippen LogP contribution in [0.2, 0.25) is 0 Å². The van der Waals surface area contributed by atoms with Crippen LogP contribution < -0.4 is 0 Å². The van der Waals surface area contributed by atoms with Gasteiger partial charge in [0.25, 0.3) is 0 Å². The lowest BCUT2D eigenvalue weighted by atomic mass is 9.71. The van der Waals surface area contributed by atoms with Gasteiger partial charge < -0.3 is 14.7 Å². The van der Waals surface area contributed by atoms with Crippen molar-refractivity contribution < 1.29 is 19.5 Å². The second kappa shape index (κ2) is 6.98. The molecule has 2 atom stereocenters. The number of likely N-dealkylation sites (tertiary alicyclic amines) is 1. The molecule has 0 radical (unpaired) electrons. The molecular formula is C19H24N2O4. The van der Waals surface area contributed by atoms with Crippen molar-refractivity contribution in [2.75, 3.05) is 13.1 Å². The maximum atomic E-state index is 12.0. The van der Waals surface area contributed by atoms with E-state index in [0.29, 0.717) is 32.5 Å². The van der Waals surface area contributed by atoms with Crippen LogP contribution in [0.5, 0.6) is 0 Å². The molecular weight excluding hydrogens is 320 g/mol. The zero-order valence-electron chi connectivity index (χ0n) is 14.6. The average molecular weight is 344 g/mol. The molecule has 1 aromatic heterocycles. The van der Waals surface area contributed by atoms with Crippen LogP contribution in [0, 0.1) is 19.3 Å². The van der Waals surface area contributed by atoms with E-state index >= 15 is 0 Å². The van der Waals surface area contributed by atoms with Crippen molar-refractivity contribution in [2.45, 2.75) is 39.3 Å². The number of aromatic nitrogens is 1. The normalized spacial score (nSPS) is 24.4. The van der Waals surface area contributed by atoms with Crippen LogP contribution in [0.25, 0.3) is 0 Å². The number of aryl methyl sites for hydroxylation is 2. The van der Waals surface area contributed by atoms with Crippen LogP contribution in [-0.4, -0.2) is 45.4 Å². The van der Waals surface area contributed by atoms with E-state index < -0.39 is 17.5 Å². The van der Waals surface area contributed by atoms with Gasteiger partial charge in [0, 0.05) is 18.7 Å². The summed E-state index contributed by atoms with van der Waals surface area (Å²) in [6.45, 7) is 5.30. The number of carboxylic acids is 1. The van der Waals surface area contributed by atoms with Crippen LogP contribution in [0.3, 0.4) is 0 Å². The molecule has 0 bridgehead atoms. The Hall–Kier alpha value is -2.18. The van der Waals surface area contributed by atoms with Gasteiger partial charge in [0.2, 0.25) is 0 Å². The average Bonchev–Trinajstić information content (AvgIpc) is 2.90. The monoisotopic (exact) mass is 344 g/mol. The van der Waals surface area contributed by atoms with Crippen molar-refractivity contribution in [3.05, 3.63) is 52.9 Å². The summed E-state index contributed by atoms with van der Waals surface area (Å²) in [6, 6.07) is 9.51. The molecule has 1 aromatic carbocycles. The van der Waals surface area contributed by atoms with Crippen molar-refractivity contribution in [3.63, 3.8) is 0 Å². The number of β-amino-alcohol motifs (C(OH)–C–C–N with tert-alkyl or cyclic N) is 1. The maximum Gasteiger partial charge on any atom is 0.312 e. The second-order valence-electron chi connectivity index (χ2n) is 6.93. The molecule has 134 valence electrons. The van der Waals surface area contributed by atoms with E-state index in [4.69, 9.17) is 4.52 Å². The third kappa shape index (κ3) is 3.45. The molecule has 1 saturated heterocycles. The summed E-state index contributed by atoms with van der Waals surface area (Å²) in [4.78, 5) is 14.1. The summed E-state index contributed by atoms with van der Waals surface area (Å²) in [5, 5.41) is 24.5. The van der Waals surface area contributed by atoms with Gasteiger partial charge in [0.1, 0.15) is 11.2 Å². The van der Waals surface area contributed by atoms with Gasteiger partial charge in [0.15, 0.2) is 0 Å². The first-order chi connectivity index (χ1) is 11.9. The Bertz CT molecular complexity index is 724. The fraction of sp³-hybridized carbons (Fsp3) is 0.474. The molecule has 1 aliphatic rings. The smallest absolute Gasteiger partial charge is 0.312 e. The van der Waals surface area contributed by atoms with E-state index in [1.165, 1.54) is 0 Å². The molecule has 1 fully saturated rings. The van der Waals surface area contributed by atoms with E-state index in [1.54, 1.807) is 0 Å². The number of aliphatic hydroxyl groups excluding tert-OH is 1. The number of benzene rings is 1. The molecule has 0 amide bonds. The molecule has 25 heavy (non-hydrogen) atoms. The van der Waals surface area contributed by atoms with E-state index in [2.05, 4.69) is 10.1 Å². The fourth-order valence-electron chi connectivity index (χ4n) is 3.62. The van der Waals surface area contributed by atoms with Gasteiger partial charge in [-0.2, -0.15) is 0 Å². The van der Waals surface area contributed by atoms with Crippen LogP contribution in [0.4, 0.5) is 0 Å². The van der Waals surface area contributed by atoms with Crippen LogP contribution in [-0.2, 0) is 17.8 Å². The Morgan fingerprint density at radius 3 is 2.64 bits per heavy atom. The number of carboxylic acid groups (broad SMARTS) is 1. The Morgan fingerprint density at radius 1 is 1.36 bits per heavy atom. The minimum absolute atomic E-state index is 0.323. The number of carbonyl (C=O) groups is 1. The van der Waals surface area contributed by atoms with E-state index in [0.717, 1.165) is 22.6 Å². The Morgan fingerprint density at radius 2 is 2.08 bits per heavy atom. The van der Waals surface area contributed by atoms with Crippen molar-refractivity contribution in [1.82, 2.24) is 10.1 Å². The summed E-state index contributed by atoms with van der Waals surface area (Å²) in [7, 11) is 0. The lowest BCUT2D eigenvalue weighted by Gasteiger charge is -2.43. The van der Waals surface area contributed by atoms with Crippen LogP contribution in [0.1, 0.15) is 29.0 Å². The van der Waals surface area contributed by atoms with Crippen molar-refractivity contribution in [2.24, 2.45) is 5.41 Å². The summed E-state index contributed by atoms with van der Waals surface area (Å²) in [5.74, 6) is -0.160. The topological polar surface area (TPSA) is 86.8 Å². The number of rotatable bonds is 5. The predicted octanol–water partition coefficient (Wildman–Crippen LogP) is 2.17. The third-order valence-electron chi connectivity index (χ3n) is 5.29. The first kappa shape index (κ1) is 17.6. The SMILES string of the molecule is Cc1noc(C)c1CN1CC[C@](Cc2ccccc2)(C(=O)O)[C@H](O)C1. The molecule has 2 N–H and O–H groups in total. The highest BCUT2D eigenvalue weighted by Crippen LogP contribution is 2.36. The van der Waals surface area contributed by atoms with Gasteiger partial charge in [0.05, 0.1) is 11.8 Å². The molecule has 3 rings (SSSR count). The first-order valence-corrected chi connectivity index (χ1v) is 8.52. The molecule has 0 unspecified atom stereocenters. The number of hydrogen-bond donors (Lipinski definition) is 2. The van der Waals surface area contributed by atoms with Gasteiger partial charge in [-0.25, -0.2) is 0 Å². The number of hydrogen-bond acceptors (Lipinski definition) is 5. The van der Waals surface area contributed by atoms with Crippen LogP contribution >= 0.6 is 0 Å². The molecule has 2 aromatic rings. The van der Waals surface area contributed by atoms with Gasteiger partial charge in [-0.05, 0) is 38.8 Å². The third-order valence-corrected chi connectivity index (χ3v) is 5.29. The summed E-state index contributed by atoms with van der Waals surface area (Å²) >= 11 is 0. The van der Waals surface area contributed by atoms with E-state index in [1.807, 2.05) is 44.2 Å². The van der Waals surface area contributed by atoms with Crippen LogP contribution in [0.15, 0.2) is 34.9 Å². The van der Waals surface area contributed by atoms with Gasteiger partial charge in [-0.3, -0.25) is 9.69 Å². The Labute approximate surface area is 147 Å². The minimum atomic E-state index is -1.14. The van der Waals surface area contributed by atoms with E-state index in [9.17, 15) is 15.0 Å². The summed E-state index contributed by atoms with van der Waals surface area (Å²) < 4.78 is 5.19. The molecule has 6 heteroatoms. The number of aliphatic hydroxyl groups is 1. The van der Waals surface area contributed by atoms with Crippen molar-refractivity contribution in [1.29, 1.82) is 0 Å². The maximum absolute atomic E-state index is 12.0. The van der Waals surface area contributed by atoms with E-state index in [-0.39, 0.29) is 0 Å². The minimum Gasteiger partial charge on any atom is -0.481 e. The molecule has 0 aliphatic carbocycles. The number of aliphatic carboxylic acids is 1. The van der Waals surface area contributed by atoms with Gasteiger partial charge in [-0.1, -0.05) is 35.5 Å². The highest BCUT2D eigenvalue weighted by Gasteiger charge is 2.48. The van der Waals surface area contributed by atoms with Gasteiger partial charge in [-0.15, -0.1) is 0 Å². The fourth-order valence-corrected chi connectivity index (χ4v) is 3.62. The quantitative estimate of drug-likeness (QED) is 0.864. The molecule has 0 spiro atoms. The highest BCUT2D eigenvalue weighted by atomic mass is 16.5. The zero-order valence-corrected chi connectivity index (χ0v) is 14.6. The summed E-state index contributed by atoms with van der Waals surface area (Å²) in [5.41, 5.74) is 1.64. The first-order valence-electron chi connectivity index (χ1n) is 8.52. The molecule has 2 heterocycles. The molecule has 0 saturated carbocycles. The lowest BCUT2D eigenvalue weighted by molar-refractivity contribution is -0.163. The van der Waals surface area contributed by atoms with Gasteiger partial charge >= 0.3 is 5.97 Å². The van der Waals surface area contributed by atoms with Crippen molar-refractivity contribution >= 4 is 5.97 Å². The summed E-state index contributed by atoms with van der Waals surface area (Å²) in [6.07, 6.45) is -0.190. The predicted molar refractivity (Wildman–Crippen MR) is 92.1 cm³/mol. The highest BCUT2D eigenvalue weighted by molar-refractivity contribution is 5.76.